The Morgan fingerprint density at radius 2 is 2.14 bits per heavy atom. The quantitative estimate of drug-likeness (QED) is 0.566. The molecule has 0 aromatic carbocycles. The molecule has 1 aromatic heterocycles. The van der Waals surface area contributed by atoms with Crippen LogP contribution in [0.4, 0.5) is 0 Å². The number of aromatic nitrogens is 1. The van der Waals surface area contributed by atoms with E-state index in [1.807, 2.05) is 0 Å². The predicted molar refractivity (Wildman–Crippen MR) is 81.2 cm³/mol. The molecule has 0 atom stereocenters. The van der Waals surface area contributed by atoms with Crippen LogP contribution >= 0.6 is 12.2 Å². The van der Waals surface area contributed by atoms with Crippen LogP contribution in [-0.4, -0.2) is 49.4 Å². The summed E-state index contributed by atoms with van der Waals surface area (Å²) in [5, 5.41) is 0. The lowest BCUT2D eigenvalue weighted by molar-refractivity contribution is -0.140. The first kappa shape index (κ1) is 17.5. The number of rotatable bonds is 7. The van der Waals surface area contributed by atoms with Crippen molar-refractivity contribution in [3.63, 3.8) is 0 Å². The molecule has 0 unspecified atom stereocenters. The van der Waals surface area contributed by atoms with Gasteiger partial charge in [-0.15, -0.1) is 0 Å². The summed E-state index contributed by atoms with van der Waals surface area (Å²) < 4.78 is 30.2. The highest BCUT2D eigenvalue weighted by Gasteiger charge is 2.21. The summed E-state index contributed by atoms with van der Waals surface area (Å²) in [4.78, 5) is 15.0. The number of nitrogens with zero attached hydrogens (tertiary/aromatic N) is 2. The molecule has 7 nitrogen and oxygen atoms in total. The summed E-state index contributed by atoms with van der Waals surface area (Å²) in [6.45, 7) is 0.203. The molecule has 0 radical (unpaired) electrons. The molecule has 0 spiro atoms. The van der Waals surface area contributed by atoms with Gasteiger partial charge in [-0.05, 0) is 18.6 Å². The van der Waals surface area contributed by atoms with Crippen LogP contribution in [0.25, 0.3) is 0 Å². The summed E-state index contributed by atoms with van der Waals surface area (Å²) >= 11 is 4.76. The van der Waals surface area contributed by atoms with E-state index in [-0.39, 0.29) is 28.8 Å². The molecule has 116 valence electrons. The van der Waals surface area contributed by atoms with Gasteiger partial charge in [-0.2, -0.15) is 0 Å². The van der Waals surface area contributed by atoms with Crippen LogP contribution in [0.1, 0.15) is 18.5 Å². The Bertz CT molecular complexity index is 614. The van der Waals surface area contributed by atoms with Crippen LogP contribution in [0.15, 0.2) is 23.2 Å². The average Bonchev–Trinajstić information content (AvgIpc) is 2.46. The van der Waals surface area contributed by atoms with Gasteiger partial charge in [-0.3, -0.25) is 9.78 Å². The van der Waals surface area contributed by atoms with Crippen molar-refractivity contribution in [3.05, 3.63) is 24.0 Å². The molecule has 9 heteroatoms. The molecular formula is C12H17N3O4S2. The van der Waals surface area contributed by atoms with Crippen LogP contribution in [0.3, 0.4) is 0 Å². The number of methoxy groups -OCH3 is 1. The minimum atomic E-state index is -3.65. The van der Waals surface area contributed by atoms with Gasteiger partial charge >= 0.3 is 5.97 Å². The molecule has 0 saturated heterocycles. The third-order valence-corrected chi connectivity index (χ3v) is 4.83. The second-order valence-corrected chi connectivity index (χ2v) is 6.73. The fraction of sp³-hybridized carbons (Fsp3) is 0.417. The first-order chi connectivity index (χ1) is 9.78. The van der Waals surface area contributed by atoms with Gasteiger partial charge in [0.1, 0.15) is 9.88 Å². The van der Waals surface area contributed by atoms with Crippen molar-refractivity contribution in [1.82, 2.24) is 9.29 Å². The monoisotopic (exact) mass is 331 g/mol. The summed E-state index contributed by atoms with van der Waals surface area (Å²) in [6, 6.07) is 2.85. The van der Waals surface area contributed by atoms with Crippen LogP contribution in [0.5, 0.6) is 0 Å². The lowest BCUT2D eigenvalue weighted by Gasteiger charge is -2.16. The molecule has 1 heterocycles. The van der Waals surface area contributed by atoms with Crippen molar-refractivity contribution in [2.24, 2.45) is 5.73 Å². The normalized spacial score (nSPS) is 11.4. The highest BCUT2D eigenvalue weighted by Crippen LogP contribution is 2.14. The first-order valence-corrected chi connectivity index (χ1v) is 7.93. The van der Waals surface area contributed by atoms with E-state index >= 15 is 0 Å². The second kappa shape index (κ2) is 7.43. The standard InChI is InChI=1S/C12H17N3O4S2/c1-15(7-3-4-11(16)19-2)21(17,18)9-5-6-10(12(13)20)14-8-9/h5-6,8H,3-4,7H2,1-2H3,(H2,13,20). The molecule has 0 amide bonds. The SMILES string of the molecule is COC(=O)CCCN(C)S(=O)(=O)c1ccc(C(N)=S)nc1. The number of esters is 1. The van der Waals surface area contributed by atoms with E-state index in [9.17, 15) is 13.2 Å². The molecule has 1 rings (SSSR count). The summed E-state index contributed by atoms with van der Waals surface area (Å²) in [5.74, 6) is -0.372. The maximum absolute atomic E-state index is 12.3. The Morgan fingerprint density at radius 3 is 2.62 bits per heavy atom. The van der Waals surface area contributed by atoms with Gasteiger partial charge in [0.15, 0.2) is 0 Å². The third kappa shape index (κ3) is 4.73. The van der Waals surface area contributed by atoms with Crippen molar-refractivity contribution in [2.45, 2.75) is 17.7 Å². The molecule has 0 aliphatic carbocycles. The average molecular weight is 331 g/mol. The molecular weight excluding hydrogens is 314 g/mol. The molecule has 0 aliphatic rings. The molecule has 2 N–H and O–H groups in total. The van der Waals surface area contributed by atoms with E-state index in [4.69, 9.17) is 18.0 Å². The maximum atomic E-state index is 12.3. The lowest BCUT2D eigenvalue weighted by atomic mass is 10.3. The highest BCUT2D eigenvalue weighted by molar-refractivity contribution is 7.89. The van der Waals surface area contributed by atoms with E-state index in [0.29, 0.717) is 12.1 Å². The molecule has 0 saturated carbocycles. The van der Waals surface area contributed by atoms with Crippen LogP contribution < -0.4 is 5.73 Å². The second-order valence-electron chi connectivity index (χ2n) is 4.25. The molecule has 0 bridgehead atoms. The van der Waals surface area contributed by atoms with Gasteiger partial charge in [0.25, 0.3) is 0 Å². The predicted octanol–water partition coefficient (Wildman–Crippen LogP) is 0.289. The first-order valence-electron chi connectivity index (χ1n) is 6.08. The fourth-order valence-corrected chi connectivity index (χ4v) is 2.80. The van der Waals surface area contributed by atoms with Crippen molar-refractivity contribution in [2.75, 3.05) is 20.7 Å². The van der Waals surface area contributed by atoms with Crippen LogP contribution in [0.2, 0.25) is 0 Å². The minimum Gasteiger partial charge on any atom is -0.469 e. The Balaban J connectivity index is 2.75. The van der Waals surface area contributed by atoms with Crippen molar-refractivity contribution >= 4 is 33.2 Å². The Kier molecular flexibility index (Phi) is 6.19. The van der Waals surface area contributed by atoms with Gasteiger partial charge in [0, 0.05) is 26.2 Å². The lowest BCUT2D eigenvalue weighted by Crippen LogP contribution is -2.28. The number of hydrogen-bond donors (Lipinski definition) is 1. The molecule has 0 fully saturated rings. The zero-order valence-electron chi connectivity index (χ0n) is 11.8. The van der Waals surface area contributed by atoms with E-state index in [1.54, 1.807) is 0 Å². The minimum absolute atomic E-state index is 0.0445. The van der Waals surface area contributed by atoms with Gasteiger partial charge in [0.05, 0.1) is 12.8 Å². The summed E-state index contributed by atoms with van der Waals surface area (Å²) in [5.41, 5.74) is 5.76. The molecule has 0 aliphatic heterocycles. The number of ether oxygens (including phenoxy) is 1. The number of hydrogen-bond acceptors (Lipinski definition) is 6. The number of carbonyl (C=O) groups is 1. The number of nitrogens with two attached hydrogens (primary N) is 1. The largest absolute Gasteiger partial charge is 0.469 e. The van der Waals surface area contributed by atoms with Gasteiger partial charge in [-0.1, -0.05) is 12.2 Å². The van der Waals surface area contributed by atoms with Crippen molar-refractivity contribution in [1.29, 1.82) is 0 Å². The molecule has 21 heavy (non-hydrogen) atoms. The number of sulfonamides is 1. The van der Waals surface area contributed by atoms with E-state index in [0.717, 1.165) is 4.31 Å². The smallest absolute Gasteiger partial charge is 0.305 e. The van der Waals surface area contributed by atoms with E-state index in [2.05, 4.69) is 9.72 Å². The van der Waals surface area contributed by atoms with Crippen LogP contribution in [-0.2, 0) is 19.6 Å². The maximum Gasteiger partial charge on any atom is 0.305 e. The Labute approximate surface area is 129 Å². The topological polar surface area (TPSA) is 103 Å². The number of carbonyl (C=O) groups excluding carboxylic acids is 1. The van der Waals surface area contributed by atoms with Gasteiger partial charge < -0.3 is 10.5 Å². The fourth-order valence-electron chi connectivity index (χ4n) is 1.53. The van der Waals surface area contributed by atoms with Gasteiger partial charge in [-0.25, -0.2) is 12.7 Å². The number of thiocarbonyl (C=S) groups is 1. The summed E-state index contributed by atoms with van der Waals surface area (Å²) in [7, 11) is -0.923. The van der Waals surface area contributed by atoms with Crippen molar-refractivity contribution in [3.8, 4) is 0 Å². The zero-order valence-corrected chi connectivity index (χ0v) is 13.4. The van der Waals surface area contributed by atoms with E-state index < -0.39 is 10.0 Å². The van der Waals surface area contributed by atoms with Gasteiger partial charge in [0.2, 0.25) is 10.0 Å². The van der Waals surface area contributed by atoms with Crippen molar-refractivity contribution < 1.29 is 17.9 Å². The van der Waals surface area contributed by atoms with E-state index in [1.165, 1.54) is 32.5 Å². The van der Waals surface area contributed by atoms with Crippen LogP contribution in [0, 0.1) is 0 Å². The highest BCUT2D eigenvalue weighted by atomic mass is 32.2. The zero-order chi connectivity index (χ0) is 16.0. The third-order valence-electron chi connectivity index (χ3n) is 2.78. The Morgan fingerprint density at radius 1 is 1.48 bits per heavy atom. The summed E-state index contributed by atoms with van der Waals surface area (Å²) in [6.07, 6.45) is 1.75. The Hall–Kier alpha value is -1.58. The molecule has 1 aromatic rings. The number of pyridine rings is 1.